The summed E-state index contributed by atoms with van der Waals surface area (Å²) in [5.41, 5.74) is -0.492. The zero-order chi connectivity index (χ0) is 16.0. The number of esters is 2. The molecule has 1 aliphatic heterocycles. The molecule has 0 aromatic rings. The molecule has 0 radical (unpaired) electrons. The molecule has 0 spiro atoms. The highest BCUT2D eigenvalue weighted by atomic mass is 16.5. The van der Waals surface area contributed by atoms with Gasteiger partial charge in [0.05, 0.1) is 18.1 Å². The van der Waals surface area contributed by atoms with Crippen LogP contribution in [0, 0.1) is 17.3 Å². The van der Waals surface area contributed by atoms with Crippen molar-refractivity contribution in [1.82, 2.24) is 5.32 Å². The van der Waals surface area contributed by atoms with E-state index in [4.69, 9.17) is 9.47 Å². The molecular formula is C16H29NO4. The van der Waals surface area contributed by atoms with Crippen LogP contribution >= 0.6 is 0 Å². The molecule has 0 aliphatic carbocycles. The highest BCUT2D eigenvalue weighted by molar-refractivity contribution is 5.75. The third-order valence-electron chi connectivity index (χ3n) is 3.60. The van der Waals surface area contributed by atoms with E-state index < -0.39 is 5.41 Å². The summed E-state index contributed by atoms with van der Waals surface area (Å²) in [6, 6.07) is 0. The molecule has 0 bridgehead atoms. The van der Waals surface area contributed by atoms with Crippen molar-refractivity contribution in [2.75, 3.05) is 19.7 Å². The molecule has 1 unspecified atom stereocenters. The monoisotopic (exact) mass is 299 g/mol. The summed E-state index contributed by atoms with van der Waals surface area (Å²) < 4.78 is 10.6. The van der Waals surface area contributed by atoms with E-state index in [2.05, 4.69) is 5.32 Å². The molecule has 0 saturated carbocycles. The lowest BCUT2D eigenvalue weighted by molar-refractivity contribution is -0.155. The van der Waals surface area contributed by atoms with Crippen LogP contribution in [0.1, 0.15) is 47.5 Å². The number of ether oxygens (including phenoxy) is 2. The van der Waals surface area contributed by atoms with Crippen molar-refractivity contribution in [3.63, 3.8) is 0 Å². The molecule has 0 amide bonds. The summed E-state index contributed by atoms with van der Waals surface area (Å²) >= 11 is 0. The van der Waals surface area contributed by atoms with E-state index in [0.717, 1.165) is 19.5 Å². The molecule has 122 valence electrons. The van der Waals surface area contributed by atoms with Crippen LogP contribution in [0.4, 0.5) is 0 Å². The molecule has 5 nitrogen and oxygen atoms in total. The Morgan fingerprint density at radius 2 is 1.90 bits per heavy atom. The number of nitrogens with one attached hydrogen (secondary N) is 1. The molecule has 0 aromatic heterocycles. The van der Waals surface area contributed by atoms with Crippen molar-refractivity contribution >= 4 is 11.9 Å². The van der Waals surface area contributed by atoms with Gasteiger partial charge in [0.25, 0.3) is 0 Å². The van der Waals surface area contributed by atoms with Gasteiger partial charge in [-0.3, -0.25) is 9.59 Å². The maximum absolute atomic E-state index is 11.8. The molecule has 1 saturated heterocycles. The standard InChI is InChI=1S/C16H29NO4/c1-11(2)21-14(18)8-12-6-7-17-9-13(12)10-20-15(19)16(3,4)5/h11-13,17H,6-10H2,1-5H3/t12-,13?/m0/s1. The summed E-state index contributed by atoms with van der Waals surface area (Å²) in [7, 11) is 0. The van der Waals surface area contributed by atoms with Crippen LogP contribution in [-0.2, 0) is 19.1 Å². The Kier molecular flexibility index (Phi) is 6.65. The van der Waals surface area contributed by atoms with Crippen LogP contribution in [-0.4, -0.2) is 37.7 Å². The fourth-order valence-electron chi connectivity index (χ4n) is 2.37. The number of carbonyl (C=O) groups is 2. The summed E-state index contributed by atoms with van der Waals surface area (Å²) in [6.07, 6.45) is 1.22. The fourth-order valence-corrected chi connectivity index (χ4v) is 2.37. The van der Waals surface area contributed by atoms with E-state index in [-0.39, 0.29) is 29.9 Å². The summed E-state index contributed by atoms with van der Waals surface area (Å²) in [4.78, 5) is 23.7. The molecule has 1 heterocycles. The van der Waals surface area contributed by atoms with Crippen LogP contribution in [0.15, 0.2) is 0 Å². The number of hydrogen-bond donors (Lipinski definition) is 1. The maximum atomic E-state index is 11.8. The van der Waals surface area contributed by atoms with Gasteiger partial charge < -0.3 is 14.8 Å². The average Bonchev–Trinajstić information content (AvgIpc) is 2.35. The van der Waals surface area contributed by atoms with Gasteiger partial charge in [-0.1, -0.05) is 0 Å². The van der Waals surface area contributed by atoms with Gasteiger partial charge in [-0.2, -0.15) is 0 Å². The van der Waals surface area contributed by atoms with Gasteiger partial charge in [-0.05, 0) is 53.5 Å². The molecule has 0 aromatic carbocycles. The summed E-state index contributed by atoms with van der Waals surface area (Å²) in [5, 5.41) is 3.30. The van der Waals surface area contributed by atoms with E-state index in [9.17, 15) is 9.59 Å². The minimum atomic E-state index is -0.492. The second kappa shape index (κ2) is 7.78. The van der Waals surface area contributed by atoms with Crippen LogP contribution in [0.3, 0.4) is 0 Å². The first kappa shape index (κ1) is 18.0. The molecule has 2 atom stereocenters. The predicted octanol–water partition coefficient (Wildman–Crippen LogP) is 2.14. The third-order valence-corrected chi connectivity index (χ3v) is 3.60. The summed E-state index contributed by atoms with van der Waals surface area (Å²) in [6.45, 7) is 11.2. The van der Waals surface area contributed by atoms with Crippen LogP contribution in [0.5, 0.6) is 0 Å². The number of rotatable bonds is 5. The number of hydrogen-bond acceptors (Lipinski definition) is 5. The Morgan fingerprint density at radius 3 is 2.48 bits per heavy atom. The Morgan fingerprint density at radius 1 is 1.24 bits per heavy atom. The minimum Gasteiger partial charge on any atom is -0.465 e. The molecule has 5 heteroatoms. The Balaban J connectivity index is 2.49. The Bertz CT molecular complexity index is 360. The molecule has 1 rings (SSSR count). The lowest BCUT2D eigenvalue weighted by Crippen LogP contribution is -2.41. The highest BCUT2D eigenvalue weighted by Gasteiger charge is 2.30. The quantitative estimate of drug-likeness (QED) is 0.788. The second-order valence-corrected chi connectivity index (χ2v) is 7.10. The van der Waals surface area contributed by atoms with E-state index in [1.165, 1.54) is 0 Å². The zero-order valence-electron chi connectivity index (χ0n) is 13.9. The van der Waals surface area contributed by atoms with Crippen LogP contribution in [0.25, 0.3) is 0 Å². The van der Waals surface area contributed by atoms with Crippen molar-refractivity contribution in [2.45, 2.75) is 53.6 Å². The number of carbonyl (C=O) groups excluding carboxylic acids is 2. The van der Waals surface area contributed by atoms with Gasteiger partial charge in [0.15, 0.2) is 0 Å². The predicted molar refractivity (Wildman–Crippen MR) is 80.7 cm³/mol. The Labute approximate surface area is 127 Å². The lowest BCUT2D eigenvalue weighted by Gasteiger charge is -2.32. The van der Waals surface area contributed by atoms with Gasteiger partial charge in [-0.25, -0.2) is 0 Å². The SMILES string of the molecule is CC(C)OC(=O)C[C@@H]1CCNCC1COC(=O)C(C)(C)C. The van der Waals surface area contributed by atoms with E-state index >= 15 is 0 Å². The molecular weight excluding hydrogens is 270 g/mol. The topological polar surface area (TPSA) is 64.6 Å². The fraction of sp³-hybridized carbons (Fsp3) is 0.875. The van der Waals surface area contributed by atoms with Crippen molar-refractivity contribution < 1.29 is 19.1 Å². The van der Waals surface area contributed by atoms with Crippen molar-refractivity contribution in [3.05, 3.63) is 0 Å². The average molecular weight is 299 g/mol. The van der Waals surface area contributed by atoms with Gasteiger partial charge in [0.1, 0.15) is 0 Å². The van der Waals surface area contributed by atoms with Crippen molar-refractivity contribution in [1.29, 1.82) is 0 Å². The second-order valence-electron chi connectivity index (χ2n) is 7.10. The third kappa shape index (κ3) is 6.46. The number of piperidine rings is 1. The van der Waals surface area contributed by atoms with Crippen LogP contribution < -0.4 is 5.32 Å². The zero-order valence-corrected chi connectivity index (χ0v) is 13.9. The van der Waals surface area contributed by atoms with Gasteiger partial charge in [0.2, 0.25) is 0 Å². The highest BCUT2D eigenvalue weighted by Crippen LogP contribution is 2.25. The normalized spacial score (nSPS) is 23.0. The lowest BCUT2D eigenvalue weighted by atomic mass is 9.84. The van der Waals surface area contributed by atoms with Gasteiger partial charge >= 0.3 is 11.9 Å². The van der Waals surface area contributed by atoms with E-state index in [1.807, 2.05) is 34.6 Å². The summed E-state index contributed by atoms with van der Waals surface area (Å²) in [5.74, 6) is 0.0238. The largest absolute Gasteiger partial charge is 0.465 e. The Hall–Kier alpha value is -1.10. The molecule has 21 heavy (non-hydrogen) atoms. The smallest absolute Gasteiger partial charge is 0.311 e. The molecule has 1 N–H and O–H groups in total. The van der Waals surface area contributed by atoms with Gasteiger partial charge in [-0.15, -0.1) is 0 Å². The van der Waals surface area contributed by atoms with Crippen molar-refractivity contribution in [3.8, 4) is 0 Å². The molecule has 1 fully saturated rings. The first-order valence-electron chi connectivity index (χ1n) is 7.77. The van der Waals surface area contributed by atoms with Crippen molar-refractivity contribution in [2.24, 2.45) is 17.3 Å². The van der Waals surface area contributed by atoms with E-state index in [0.29, 0.717) is 13.0 Å². The minimum absolute atomic E-state index is 0.0867. The van der Waals surface area contributed by atoms with E-state index in [1.54, 1.807) is 0 Å². The van der Waals surface area contributed by atoms with Crippen LogP contribution in [0.2, 0.25) is 0 Å². The maximum Gasteiger partial charge on any atom is 0.311 e. The first-order valence-corrected chi connectivity index (χ1v) is 7.77. The first-order chi connectivity index (χ1) is 9.70. The molecule has 1 aliphatic rings. The van der Waals surface area contributed by atoms with Gasteiger partial charge in [0, 0.05) is 18.9 Å².